The van der Waals surface area contributed by atoms with Gasteiger partial charge in [0.2, 0.25) is 5.91 Å². The molecule has 7 nitrogen and oxygen atoms in total. The second-order valence-electron chi connectivity index (χ2n) is 6.88. The number of aromatic nitrogens is 1. The molecule has 0 atom stereocenters. The van der Waals surface area contributed by atoms with Gasteiger partial charge in [0.15, 0.2) is 5.58 Å². The molecule has 0 saturated carbocycles. The molecule has 0 bridgehead atoms. The van der Waals surface area contributed by atoms with Crippen molar-refractivity contribution in [2.75, 3.05) is 29.4 Å². The summed E-state index contributed by atoms with van der Waals surface area (Å²) in [6.07, 6.45) is 1.25. The number of carbonyl (C=O) groups excluding carboxylic acids is 1. The molecule has 1 aromatic heterocycles. The van der Waals surface area contributed by atoms with E-state index in [0.29, 0.717) is 37.6 Å². The van der Waals surface area contributed by atoms with E-state index in [4.69, 9.17) is 4.42 Å². The summed E-state index contributed by atoms with van der Waals surface area (Å²) in [6, 6.07) is 17.1. The van der Waals surface area contributed by atoms with E-state index >= 15 is 0 Å². The van der Waals surface area contributed by atoms with Gasteiger partial charge in [0.1, 0.15) is 12.1 Å². The molecule has 1 aliphatic rings. The molecule has 0 radical (unpaired) electrons. The van der Waals surface area contributed by atoms with E-state index in [1.165, 1.54) is 4.90 Å². The van der Waals surface area contributed by atoms with Crippen LogP contribution in [-0.4, -0.2) is 41.6 Å². The summed E-state index contributed by atoms with van der Waals surface area (Å²) in [5, 5.41) is 9.23. The van der Waals surface area contributed by atoms with Gasteiger partial charge in [-0.1, -0.05) is 30.3 Å². The summed E-state index contributed by atoms with van der Waals surface area (Å²) in [4.78, 5) is 32.2. The number of fused-ring (bicyclic) bond motifs is 1. The fraction of sp³-hybridized carbons (Fsp3) is 0.286. The number of oxazole rings is 1. The standard InChI is InChI=1S/C21H21N3O4/c25-19(26)14-24(16-6-2-1-3-7-16)20(27)15-10-12-23(13-11-15)21-22-17-8-4-5-9-18(17)28-21/h1-9,15H,10-14H2,(H,25,26). The van der Waals surface area contributed by atoms with Gasteiger partial charge in [-0.25, -0.2) is 0 Å². The predicted molar refractivity (Wildman–Crippen MR) is 105 cm³/mol. The van der Waals surface area contributed by atoms with Crippen molar-refractivity contribution in [1.29, 1.82) is 0 Å². The summed E-state index contributed by atoms with van der Waals surface area (Å²) >= 11 is 0. The van der Waals surface area contributed by atoms with E-state index in [9.17, 15) is 14.7 Å². The third-order valence-corrected chi connectivity index (χ3v) is 5.02. The van der Waals surface area contributed by atoms with Crippen LogP contribution in [0.15, 0.2) is 59.0 Å². The molecule has 1 amide bonds. The lowest BCUT2D eigenvalue weighted by Gasteiger charge is -2.33. The molecule has 1 saturated heterocycles. The number of benzene rings is 2. The molecule has 0 spiro atoms. The first kappa shape index (κ1) is 18.0. The normalized spacial score (nSPS) is 14.9. The van der Waals surface area contributed by atoms with E-state index in [1.807, 2.05) is 35.2 Å². The van der Waals surface area contributed by atoms with Crippen molar-refractivity contribution in [3.63, 3.8) is 0 Å². The minimum absolute atomic E-state index is 0.147. The van der Waals surface area contributed by atoms with E-state index in [0.717, 1.165) is 11.1 Å². The second-order valence-corrected chi connectivity index (χ2v) is 6.88. The third kappa shape index (κ3) is 3.69. The Bertz CT molecular complexity index is 944. The number of carboxylic acids is 1. The Kier molecular flexibility index (Phi) is 4.97. The summed E-state index contributed by atoms with van der Waals surface area (Å²) < 4.78 is 5.81. The molecule has 1 N–H and O–H groups in total. The predicted octanol–water partition coefficient (Wildman–Crippen LogP) is 3.16. The average molecular weight is 379 g/mol. The highest BCUT2D eigenvalue weighted by Gasteiger charge is 2.31. The maximum Gasteiger partial charge on any atom is 0.323 e. The minimum Gasteiger partial charge on any atom is -0.480 e. The zero-order valence-electron chi connectivity index (χ0n) is 15.3. The smallest absolute Gasteiger partial charge is 0.323 e. The quantitative estimate of drug-likeness (QED) is 0.733. The van der Waals surface area contributed by atoms with Crippen molar-refractivity contribution in [2.45, 2.75) is 12.8 Å². The van der Waals surface area contributed by atoms with Gasteiger partial charge < -0.3 is 19.3 Å². The van der Waals surface area contributed by atoms with E-state index in [1.54, 1.807) is 24.3 Å². The lowest BCUT2D eigenvalue weighted by Crippen LogP contribution is -2.44. The third-order valence-electron chi connectivity index (χ3n) is 5.02. The van der Waals surface area contributed by atoms with Crippen LogP contribution < -0.4 is 9.80 Å². The molecular weight excluding hydrogens is 358 g/mol. The first-order chi connectivity index (χ1) is 13.6. The lowest BCUT2D eigenvalue weighted by atomic mass is 9.95. The Morgan fingerprint density at radius 2 is 1.75 bits per heavy atom. The van der Waals surface area contributed by atoms with Gasteiger partial charge >= 0.3 is 5.97 Å². The van der Waals surface area contributed by atoms with Crippen molar-refractivity contribution in [2.24, 2.45) is 5.92 Å². The van der Waals surface area contributed by atoms with E-state index in [-0.39, 0.29) is 18.4 Å². The minimum atomic E-state index is -1.03. The maximum atomic E-state index is 13.0. The Labute approximate surface area is 162 Å². The Balaban J connectivity index is 1.45. The molecule has 0 unspecified atom stereocenters. The van der Waals surface area contributed by atoms with Crippen LogP contribution in [0, 0.1) is 5.92 Å². The van der Waals surface area contributed by atoms with Crippen molar-refractivity contribution in [3.05, 3.63) is 54.6 Å². The average Bonchev–Trinajstić information content (AvgIpc) is 3.16. The summed E-state index contributed by atoms with van der Waals surface area (Å²) in [7, 11) is 0. The molecule has 7 heteroatoms. The molecule has 2 heterocycles. The summed E-state index contributed by atoms with van der Waals surface area (Å²) in [5.41, 5.74) is 2.16. The number of carbonyl (C=O) groups is 2. The number of piperidine rings is 1. The molecule has 2 aromatic carbocycles. The molecule has 3 aromatic rings. The molecule has 1 aliphatic heterocycles. The summed E-state index contributed by atoms with van der Waals surface area (Å²) in [6.45, 7) is 0.937. The zero-order valence-corrected chi connectivity index (χ0v) is 15.3. The fourth-order valence-corrected chi connectivity index (χ4v) is 3.57. The number of hydrogen-bond donors (Lipinski definition) is 1. The molecule has 144 valence electrons. The van der Waals surface area contributed by atoms with Gasteiger partial charge in [-0.3, -0.25) is 9.59 Å². The topological polar surface area (TPSA) is 86.9 Å². The van der Waals surface area contributed by atoms with Crippen LogP contribution in [0.3, 0.4) is 0 Å². The Hall–Kier alpha value is -3.35. The Morgan fingerprint density at radius 3 is 2.43 bits per heavy atom. The number of aliphatic carboxylic acids is 1. The van der Waals surface area contributed by atoms with Crippen molar-refractivity contribution in [1.82, 2.24) is 4.98 Å². The maximum absolute atomic E-state index is 13.0. The monoisotopic (exact) mass is 379 g/mol. The van der Waals surface area contributed by atoms with Crippen molar-refractivity contribution < 1.29 is 19.1 Å². The number of amides is 1. The van der Waals surface area contributed by atoms with Crippen molar-refractivity contribution >= 4 is 34.7 Å². The van der Waals surface area contributed by atoms with Gasteiger partial charge in [-0.05, 0) is 37.1 Å². The van der Waals surface area contributed by atoms with Gasteiger partial charge in [0, 0.05) is 24.7 Å². The zero-order chi connectivity index (χ0) is 19.5. The molecular formula is C21H21N3O4. The van der Waals surface area contributed by atoms with Gasteiger partial charge in [0.05, 0.1) is 0 Å². The van der Waals surface area contributed by atoms with Crippen LogP contribution in [-0.2, 0) is 9.59 Å². The highest BCUT2D eigenvalue weighted by atomic mass is 16.4. The van der Waals surface area contributed by atoms with Gasteiger partial charge in [-0.2, -0.15) is 4.98 Å². The number of anilines is 2. The van der Waals surface area contributed by atoms with E-state index in [2.05, 4.69) is 4.98 Å². The van der Waals surface area contributed by atoms with E-state index < -0.39 is 5.97 Å². The molecule has 1 fully saturated rings. The van der Waals surface area contributed by atoms with Gasteiger partial charge in [-0.15, -0.1) is 0 Å². The fourth-order valence-electron chi connectivity index (χ4n) is 3.57. The first-order valence-corrected chi connectivity index (χ1v) is 9.30. The number of nitrogens with zero attached hydrogens (tertiary/aromatic N) is 3. The second kappa shape index (κ2) is 7.72. The lowest BCUT2D eigenvalue weighted by molar-refractivity contribution is -0.137. The molecule has 4 rings (SSSR count). The largest absolute Gasteiger partial charge is 0.480 e. The first-order valence-electron chi connectivity index (χ1n) is 9.30. The van der Waals surface area contributed by atoms with Crippen LogP contribution in [0.25, 0.3) is 11.1 Å². The van der Waals surface area contributed by atoms with Crippen LogP contribution in [0.1, 0.15) is 12.8 Å². The molecule has 28 heavy (non-hydrogen) atoms. The van der Waals surface area contributed by atoms with Crippen LogP contribution in [0.5, 0.6) is 0 Å². The number of rotatable bonds is 5. The highest BCUT2D eigenvalue weighted by Crippen LogP contribution is 2.28. The SMILES string of the molecule is O=C(O)CN(C(=O)C1CCN(c2nc3ccccc3o2)CC1)c1ccccc1. The van der Waals surface area contributed by atoms with Crippen LogP contribution in [0.2, 0.25) is 0 Å². The van der Waals surface area contributed by atoms with Crippen LogP contribution >= 0.6 is 0 Å². The highest BCUT2D eigenvalue weighted by molar-refractivity contribution is 5.98. The number of carboxylic acid groups (broad SMARTS) is 1. The van der Waals surface area contributed by atoms with Crippen LogP contribution in [0.4, 0.5) is 11.7 Å². The van der Waals surface area contributed by atoms with Crippen molar-refractivity contribution in [3.8, 4) is 0 Å². The number of hydrogen-bond acceptors (Lipinski definition) is 5. The van der Waals surface area contributed by atoms with Gasteiger partial charge in [0.25, 0.3) is 6.01 Å². The molecule has 0 aliphatic carbocycles. The Morgan fingerprint density at radius 1 is 1.07 bits per heavy atom. The summed E-state index contributed by atoms with van der Waals surface area (Å²) in [5.74, 6) is -1.40. The number of para-hydroxylation sites is 3.